The fraction of sp³-hybridized carbons (Fsp3) is 0.294. The summed E-state index contributed by atoms with van der Waals surface area (Å²) in [6, 6.07) is 21.4. The van der Waals surface area contributed by atoms with E-state index >= 15 is 0 Å². The molecule has 2 aromatic carbocycles. The van der Waals surface area contributed by atoms with Crippen LogP contribution in [0.15, 0.2) is 60.7 Å². The summed E-state index contributed by atoms with van der Waals surface area (Å²) in [4.78, 5) is 0. The fourth-order valence-electron chi connectivity index (χ4n) is 3.88. The maximum Gasteiger partial charge on any atom is 0.120 e. The molecule has 1 unspecified atom stereocenters. The molecule has 0 aliphatic heterocycles. The van der Waals surface area contributed by atoms with Crippen LogP contribution in [0.5, 0.6) is 0 Å². The number of alkyl halides is 2. The summed E-state index contributed by atoms with van der Waals surface area (Å²) in [5.41, 5.74) is 2.77. The van der Waals surface area contributed by atoms with E-state index in [9.17, 15) is 0 Å². The van der Waals surface area contributed by atoms with E-state index in [1.54, 1.807) is 0 Å². The zero-order valence-corrected chi connectivity index (χ0v) is 12.8. The van der Waals surface area contributed by atoms with Crippen molar-refractivity contribution in [3.63, 3.8) is 0 Å². The van der Waals surface area contributed by atoms with E-state index in [-0.39, 0.29) is 14.6 Å². The Kier molecular flexibility index (Phi) is 2.30. The molecule has 4 rings (SSSR count). The van der Waals surface area contributed by atoms with Crippen molar-refractivity contribution >= 4 is 27.5 Å². The van der Waals surface area contributed by atoms with Gasteiger partial charge in [-0.15, -0.1) is 11.6 Å². The van der Waals surface area contributed by atoms with Gasteiger partial charge in [0.1, 0.15) is 3.78 Å². The lowest BCUT2D eigenvalue weighted by Crippen LogP contribution is -2.17. The molecule has 0 amide bonds. The molecular weight excluding hydrogens is 320 g/mol. The average Bonchev–Trinajstić information content (AvgIpc) is 3.31. The summed E-state index contributed by atoms with van der Waals surface area (Å²) in [7, 11) is 0. The van der Waals surface area contributed by atoms with Crippen molar-refractivity contribution in [3.05, 3.63) is 71.8 Å². The molecule has 2 fully saturated rings. The van der Waals surface area contributed by atoms with Crippen molar-refractivity contribution in [2.75, 3.05) is 0 Å². The van der Waals surface area contributed by atoms with Crippen LogP contribution in [0.4, 0.5) is 0 Å². The smallest absolute Gasteiger partial charge is 0.105 e. The van der Waals surface area contributed by atoms with Crippen LogP contribution in [-0.4, -0.2) is 3.78 Å². The molecule has 2 aromatic rings. The van der Waals surface area contributed by atoms with E-state index in [2.05, 4.69) is 76.6 Å². The first-order chi connectivity index (χ1) is 9.17. The predicted molar refractivity (Wildman–Crippen MR) is 82.8 cm³/mol. The monoisotopic (exact) mass is 332 g/mol. The number of benzene rings is 2. The Morgan fingerprint density at radius 1 is 0.789 bits per heavy atom. The van der Waals surface area contributed by atoms with Crippen LogP contribution in [0.2, 0.25) is 0 Å². The first-order valence-electron chi connectivity index (χ1n) is 6.66. The lowest BCUT2D eigenvalue weighted by molar-refractivity contribution is 0.702. The van der Waals surface area contributed by atoms with Gasteiger partial charge in [-0.25, -0.2) is 0 Å². The molecule has 1 spiro atoms. The quantitative estimate of drug-likeness (QED) is 0.671. The summed E-state index contributed by atoms with van der Waals surface area (Å²) in [5.74, 6) is 0. The van der Waals surface area contributed by atoms with Crippen LogP contribution in [0, 0.1) is 5.41 Å². The molecule has 0 nitrogen and oxygen atoms in total. The van der Waals surface area contributed by atoms with Gasteiger partial charge in [0.05, 0.1) is 5.41 Å². The van der Waals surface area contributed by atoms with Crippen LogP contribution in [0.1, 0.15) is 24.0 Å². The Labute approximate surface area is 126 Å². The van der Waals surface area contributed by atoms with Crippen molar-refractivity contribution in [3.8, 4) is 0 Å². The summed E-state index contributed by atoms with van der Waals surface area (Å²) in [5, 5.41) is 0. The molecule has 0 aromatic heterocycles. The van der Waals surface area contributed by atoms with E-state index < -0.39 is 0 Å². The third kappa shape index (κ3) is 1.22. The highest BCUT2D eigenvalue weighted by Crippen LogP contribution is 2.91. The summed E-state index contributed by atoms with van der Waals surface area (Å²) >= 11 is 10.7. The van der Waals surface area contributed by atoms with Gasteiger partial charge in [-0.05, 0) is 24.0 Å². The summed E-state index contributed by atoms with van der Waals surface area (Å²) in [6.45, 7) is 0. The second-order valence-corrected chi connectivity index (χ2v) is 7.85. The van der Waals surface area contributed by atoms with E-state index in [0.717, 1.165) is 0 Å². The van der Waals surface area contributed by atoms with Crippen molar-refractivity contribution in [1.82, 2.24) is 0 Å². The lowest BCUT2D eigenvalue weighted by Gasteiger charge is -2.20. The SMILES string of the molecule is ClC1(Br)C2(CC2)C1(c1ccccc1)c1ccccc1. The molecular formula is C17H14BrCl. The van der Waals surface area contributed by atoms with Gasteiger partial charge in [0, 0.05) is 5.41 Å². The molecule has 96 valence electrons. The third-order valence-electron chi connectivity index (χ3n) is 4.89. The molecule has 0 N–H and O–H groups in total. The Balaban J connectivity index is 1.98. The fourth-order valence-corrected chi connectivity index (χ4v) is 5.99. The van der Waals surface area contributed by atoms with Gasteiger partial charge in [0.15, 0.2) is 0 Å². The molecule has 19 heavy (non-hydrogen) atoms. The van der Waals surface area contributed by atoms with Crippen molar-refractivity contribution in [2.24, 2.45) is 5.41 Å². The number of hydrogen-bond donors (Lipinski definition) is 0. The van der Waals surface area contributed by atoms with Gasteiger partial charge < -0.3 is 0 Å². The molecule has 2 heteroatoms. The van der Waals surface area contributed by atoms with Crippen LogP contribution in [-0.2, 0) is 5.41 Å². The van der Waals surface area contributed by atoms with Crippen molar-refractivity contribution < 1.29 is 0 Å². The largest absolute Gasteiger partial charge is 0.120 e. The van der Waals surface area contributed by atoms with Gasteiger partial charge >= 0.3 is 0 Å². The highest BCUT2D eigenvalue weighted by molar-refractivity contribution is 9.10. The first-order valence-corrected chi connectivity index (χ1v) is 7.83. The highest BCUT2D eigenvalue weighted by Gasteiger charge is 2.91. The zero-order chi connectivity index (χ0) is 13.1. The molecule has 0 saturated heterocycles. The first kappa shape index (κ1) is 12.0. The van der Waals surface area contributed by atoms with Gasteiger partial charge in [-0.2, -0.15) is 0 Å². The Hall–Kier alpha value is -0.790. The molecule has 0 radical (unpaired) electrons. The second kappa shape index (κ2) is 3.65. The van der Waals surface area contributed by atoms with Crippen LogP contribution < -0.4 is 0 Å². The summed E-state index contributed by atoms with van der Waals surface area (Å²) < 4.78 is -0.338. The lowest BCUT2D eigenvalue weighted by atomic mass is 9.85. The predicted octanol–water partition coefficient (Wildman–Crippen LogP) is 5.10. The van der Waals surface area contributed by atoms with Crippen molar-refractivity contribution in [2.45, 2.75) is 22.0 Å². The minimum atomic E-state index is -0.338. The topological polar surface area (TPSA) is 0 Å². The van der Waals surface area contributed by atoms with E-state index in [1.165, 1.54) is 24.0 Å². The van der Waals surface area contributed by atoms with Gasteiger partial charge in [0.2, 0.25) is 0 Å². The van der Waals surface area contributed by atoms with E-state index in [0.29, 0.717) is 0 Å². The molecule has 0 bridgehead atoms. The maximum atomic E-state index is 6.90. The maximum absolute atomic E-state index is 6.90. The number of halogens is 2. The third-order valence-corrected chi connectivity index (χ3v) is 6.89. The molecule has 2 saturated carbocycles. The minimum absolute atomic E-state index is 0.0793. The number of rotatable bonds is 2. The molecule has 2 aliphatic carbocycles. The zero-order valence-electron chi connectivity index (χ0n) is 10.4. The Morgan fingerprint density at radius 3 is 1.53 bits per heavy atom. The molecule has 0 heterocycles. The van der Waals surface area contributed by atoms with Crippen LogP contribution >= 0.6 is 27.5 Å². The Bertz CT molecular complexity index is 569. The normalized spacial score (nSPS) is 29.2. The standard InChI is InChI=1S/C17H14BrCl/c18-17(19)15(11-12-15)16(17,13-7-3-1-4-8-13)14-9-5-2-6-10-14/h1-10H,11-12H2. The second-order valence-electron chi connectivity index (χ2n) is 5.64. The van der Waals surface area contributed by atoms with Crippen LogP contribution in [0.3, 0.4) is 0 Å². The average molecular weight is 334 g/mol. The molecule has 2 aliphatic rings. The van der Waals surface area contributed by atoms with Gasteiger partial charge in [0.25, 0.3) is 0 Å². The van der Waals surface area contributed by atoms with Crippen LogP contribution in [0.25, 0.3) is 0 Å². The minimum Gasteiger partial charge on any atom is -0.105 e. The van der Waals surface area contributed by atoms with Crippen molar-refractivity contribution in [1.29, 1.82) is 0 Å². The van der Waals surface area contributed by atoms with Gasteiger partial charge in [-0.3, -0.25) is 0 Å². The van der Waals surface area contributed by atoms with Gasteiger partial charge in [-0.1, -0.05) is 76.6 Å². The molecule has 1 atom stereocenters. The summed E-state index contributed by atoms with van der Waals surface area (Å²) in [6.07, 6.45) is 2.40. The number of hydrogen-bond acceptors (Lipinski definition) is 0. The Morgan fingerprint density at radius 2 is 1.21 bits per heavy atom. The van der Waals surface area contributed by atoms with E-state index in [1.807, 2.05) is 0 Å². The van der Waals surface area contributed by atoms with E-state index in [4.69, 9.17) is 11.6 Å². The highest BCUT2D eigenvalue weighted by atomic mass is 79.9.